The molecule has 1 saturated carbocycles. The van der Waals surface area contributed by atoms with Crippen molar-refractivity contribution in [1.82, 2.24) is 5.32 Å². The fraction of sp³-hybridized carbons (Fsp3) is 0.667. The first-order valence-electron chi connectivity index (χ1n) is 8.30. The van der Waals surface area contributed by atoms with Crippen molar-refractivity contribution in [3.8, 4) is 0 Å². The summed E-state index contributed by atoms with van der Waals surface area (Å²) < 4.78 is 14.4. The van der Waals surface area contributed by atoms with Crippen molar-refractivity contribution in [3.05, 3.63) is 29.6 Å². The van der Waals surface area contributed by atoms with E-state index in [2.05, 4.69) is 37.2 Å². The zero-order valence-corrected chi connectivity index (χ0v) is 13.8. The molecule has 118 valence electrons. The van der Waals surface area contributed by atoms with Crippen LogP contribution in [0.15, 0.2) is 18.2 Å². The zero-order valence-electron chi connectivity index (χ0n) is 13.8. The topological polar surface area (TPSA) is 15.3 Å². The molecule has 0 amide bonds. The molecule has 0 aromatic heterocycles. The van der Waals surface area contributed by atoms with Crippen molar-refractivity contribution >= 4 is 5.69 Å². The van der Waals surface area contributed by atoms with Crippen LogP contribution in [0.2, 0.25) is 0 Å². The largest absolute Gasteiger partial charge is 0.371 e. The minimum atomic E-state index is -0.101. The first kappa shape index (κ1) is 16.3. The number of hydrogen-bond acceptors (Lipinski definition) is 2. The highest BCUT2D eigenvalue weighted by Gasteiger charge is 2.27. The number of halogens is 1. The molecule has 21 heavy (non-hydrogen) atoms. The average Bonchev–Trinajstić information content (AvgIpc) is 2.47. The molecule has 3 heteroatoms. The third kappa shape index (κ3) is 3.57. The summed E-state index contributed by atoms with van der Waals surface area (Å²) in [7, 11) is 2.13. The molecule has 0 aliphatic heterocycles. The van der Waals surface area contributed by atoms with Crippen LogP contribution in [0.25, 0.3) is 0 Å². The third-order valence-electron chi connectivity index (χ3n) is 4.92. The normalized spacial score (nSPS) is 23.9. The van der Waals surface area contributed by atoms with E-state index < -0.39 is 0 Å². The SMILES string of the molecule is CCNC(C)c1c(F)cccc1N(C)C1CCCCC1C. The van der Waals surface area contributed by atoms with E-state index in [0.717, 1.165) is 17.8 Å². The first-order valence-corrected chi connectivity index (χ1v) is 8.30. The van der Waals surface area contributed by atoms with Gasteiger partial charge < -0.3 is 10.2 Å². The van der Waals surface area contributed by atoms with Crippen LogP contribution in [-0.2, 0) is 0 Å². The number of hydrogen-bond donors (Lipinski definition) is 1. The van der Waals surface area contributed by atoms with Crippen molar-refractivity contribution in [2.24, 2.45) is 5.92 Å². The molecule has 1 fully saturated rings. The van der Waals surface area contributed by atoms with Gasteiger partial charge in [0.15, 0.2) is 0 Å². The summed E-state index contributed by atoms with van der Waals surface area (Å²) in [4.78, 5) is 2.32. The van der Waals surface area contributed by atoms with Gasteiger partial charge in [-0.1, -0.05) is 32.8 Å². The van der Waals surface area contributed by atoms with Crippen molar-refractivity contribution in [2.45, 2.75) is 58.5 Å². The molecule has 1 aliphatic carbocycles. The summed E-state index contributed by atoms with van der Waals surface area (Å²) in [5, 5.41) is 3.35. The molecule has 2 rings (SSSR count). The molecular formula is C18H29FN2. The lowest BCUT2D eigenvalue weighted by Gasteiger charge is -2.39. The predicted molar refractivity (Wildman–Crippen MR) is 88.3 cm³/mol. The van der Waals surface area contributed by atoms with Gasteiger partial charge in [0.2, 0.25) is 0 Å². The number of anilines is 1. The van der Waals surface area contributed by atoms with E-state index in [4.69, 9.17) is 0 Å². The fourth-order valence-electron chi connectivity index (χ4n) is 3.72. The van der Waals surface area contributed by atoms with E-state index in [1.807, 2.05) is 13.0 Å². The van der Waals surface area contributed by atoms with E-state index in [9.17, 15) is 4.39 Å². The van der Waals surface area contributed by atoms with Gasteiger partial charge in [-0.2, -0.15) is 0 Å². The van der Waals surface area contributed by atoms with Crippen LogP contribution >= 0.6 is 0 Å². The maximum absolute atomic E-state index is 14.4. The molecule has 1 aromatic carbocycles. The van der Waals surface area contributed by atoms with Gasteiger partial charge in [0.1, 0.15) is 5.82 Å². The number of nitrogens with zero attached hydrogens (tertiary/aromatic N) is 1. The summed E-state index contributed by atoms with van der Waals surface area (Å²) in [6.45, 7) is 7.28. The Morgan fingerprint density at radius 3 is 2.71 bits per heavy atom. The lowest BCUT2D eigenvalue weighted by atomic mass is 9.84. The Morgan fingerprint density at radius 2 is 2.05 bits per heavy atom. The van der Waals surface area contributed by atoms with E-state index in [-0.39, 0.29) is 11.9 Å². The minimum Gasteiger partial charge on any atom is -0.371 e. The minimum absolute atomic E-state index is 0.0348. The number of benzene rings is 1. The highest BCUT2D eigenvalue weighted by atomic mass is 19.1. The van der Waals surface area contributed by atoms with Crippen molar-refractivity contribution in [1.29, 1.82) is 0 Å². The Hall–Kier alpha value is -1.09. The van der Waals surface area contributed by atoms with Gasteiger partial charge in [-0.25, -0.2) is 4.39 Å². The quantitative estimate of drug-likeness (QED) is 0.859. The van der Waals surface area contributed by atoms with Crippen LogP contribution in [0.1, 0.15) is 58.1 Å². The van der Waals surface area contributed by atoms with Crippen LogP contribution in [0.5, 0.6) is 0 Å². The molecule has 0 spiro atoms. The van der Waals surface area contributed by atoms with Crippen LogP contribution in [-0.4, -0.2) is 19.6 Å². The van der Waals surface area contributed by atoms with E-state index in [1.54, 1.807) is 6.07 Å². The van der Waals surface area contributed by atoms with Crippen LogP contribution < -0.4 is 10.2 Å². The van der Waals surface area contributed by atoms with Gasteiger partial charge in [-0.05, 0) is 44.4 Å². The van der Waals surface area contributed by atoms with E-state index >= 15 is 0 Å². The Morgan fingerprint density at radius 1 is 1.33 bits per heavy atom. The highest BCUT2D eigenvalue weighted by Crippen LogP contribution is 2.35. The molecule has 3 atom stereocenters. The van der Waals surface area contributed by atoms with Crippen molar-refractivity contribution < 1.29 is 4.39 Å². The number of nitrogens with one attached hydrogen (secondary N) is 1. The molecule has 2 nitrogen and oxygen atoms in total. The van der Waals surface area contributed by atoms with Crippen LogP contribution in [0.4, 0.5) is 10.1 Å². The third-order valence-corrected chi connectivity index (χ3v) is 4.92. The molecule has 1 aromatic rings. The molecule has 0 heterocycles. The van der Waals surface area contributed by atoms with Gasteiger partial charge in [0, 0.05) is 30.4 Å². The lowest BCUT2D eigenvalue weighted by molar-refractivity contribution is 0.321. The standard InChI is InChI=1S/C18H29FN2/c1-5-20-14(3)18-15(19)10-8-12-17(18)21(4)16-11-7-6-9-13(16)2/h8,10,12-14,16,20H,5-7,9,11H2,1-4H3. The Balaban J connectivity index is 2.31. The Bertz CT molecular complexity index is 461. The Labute approximate surface area is 128 Å². The van der Waals surface area contributed by atoms with Gasteiger partial charge in [0.25, 0.3) is 0 Å². The second-order valence-corrected chi connectivity index (χ2v) is 6.39. The maximum Gasteiger partial charge on any atom is 0.130 e. The molecular weight excluding hydrogens is 263 g/mol. The van der Waals surface area contributed by atoms with Crippen LogP contribution in [0.3, 0.4) is 0 Å². The van der Waals surface area contributed by atoms with Gasteiger partial charge in [-0.3, -0.25) is 0 Å². The van der Waals surface area contributed by atoms with Crippen LogP contribution in [0, 0.1) is 11.7 Å². The molecule has 3 unspecified atom stereocenters. The second kappa shape index (κ2) is 7.26. The summed E-state index contributed by atoms with van der Waals surface area (Å²) in [6.07, 6.45) is 5.10. The summed E-state index contributed by atoms with van der Waals surface area (Å²) in [6, 6.07) is 6.02. The van der Waals surface area contributed by atoms with E-state index in [1.165, 1.54) is 25.7 Å². The summed E-state index contributed by atoms with van der Waals surface area (Å²) in [5.41, 5.74) is 1.85. The van der Waals surface area contributed by atoms with E-state index in [0.29, 0.717) is 12.0 Å². The van der Waals surface area contributed by atoms with Crippen molar-refractivity contribution in [3.63, 3.8) is 0 Å². The van der Waals surface area contributed by atoms with Gasteiger partial charge in [-0.15, -0.1) is 0 Å². The summed E-state index contributed by atoms with van der Waals surface area (Å²) >= 11 is 0. The average molecular weight is 292 g/mol. The Kier molecular flexibility index (Phi) is 5.63. The zero-order chi connectivity index (χ0) is 15.4. The molecule has 0 bridgehead atoms. The smallest absolute Gasteiger partial charge is 0.130 e. The molecule has 0 radical (unpaired) electrons. The highest BCUT2D eigenvalue weighted by molar-refractivity contribution is 5.56. The van der Waals surface area contributed by atoms with Gasteiger partial charge >= 0.3 is 0 Å². The maximum atomic E-state index is 14.4. The van der Waals surface area contributed by atoms with Gasteiger partial charge in [0.05, 0.1) is 0 Å². The molecule has 1 aliphatic rings. The molecule has 0 saturated heterocycles. The summed E-state index contributed by atoms with van der Waals surface area (Å²) in [5.74, 6) is 0.575. The predicted octanol–water partition coefficient (Wildman–Crippen LogP) is 4.51. The fourth-order valence-corrected chi connectivity index (χ4v) is 3.72. The first-order chi connectivity index (χ1) is 10.1. The number of rotatable bonds is 5. The van der Waals surface area contributed by atoms with Crippen molar-refractivity contribution in [2.75, 3.05) is 18.5 Å². The monoisotopic (exact) mass is 292 g/mol. The molecule has 1 N–H and O–H groups in total. The second-order valence-electron chi connectivity index (χ2n) is 6.39. The lowest BCUT2D eigenvalue weighted by Crippen LogP contribution is -2.40.